The number of nitrogens with zero attached hydrogens (tertiary/aromatic N) is 1. The Morgan fingerprint density at radius 3 is 2.29 bits per heavy atom. The SMILES string of the molecule is O=C(NCC[N+]12CCC(CC1)C(OC(=O)C([O-])(c1cccs1)c1cccs1)C2)NC1CCCCC1. The number of hydrogen-bond acceptors (Lipinski definition) is 6. The normalized spacial score (nSPS) is 26.9. The van der Waals surface area contributed by atoms with Gasteiger partial charge in [-0.05, 0) is 35.7 Å². The van der Waals surface area contributed by atoms with Gasteiger partial charge in [-0.25, -0.2) is 4.79 Å². The van der Waals surface area contributed by atoms with Crippen molar-refractivity contribution in [2.75, 3.05) is 32.7 Å². The monoisotopic (exact) mass is 517 g/mol. The van der Waals surface area contributed by atoms with Gasteiger partial charge >= 0.3 is 12.0 Å². The zero-order valence-corrected chi connectivity index (χ0v) is 21.7. The number of quaternary nitrogens is 1. The highest BCUT2D eigenvalue weighted by Crippen LogP contribution is 2.39. The van der Waals surface area contributed by atoms with Crippen LogP contribution >= 0.6 is 22.7 Å². The Kier molecular flexibility index (Phi) is 7.48. The molecule has 1 saturated carbocycles. The lowest BCUT2D eigenvalue weighted by Crippen LogP contribution is -2.66. The van der Waals surface area contributed by atoms with Gasteiger partial charge in [0, 0.05) is 34.6 Å². The summed E-state index contributed by atoms with van der Waals surface area (Å²) in [6, 6.07) is 7.29. The molecule has 5 heterocycles. The van der Waals surface area contributed by atoms with Crippen molar-refractivity contribution >= 4 is 34.7 Å². The van der Waals surface area contributed by atoms with Crippen LogP contribution in [0.4, 0.5) is 4.79 Å². The molecule has 1 atom stereocenters. The van der Waals surface area contributed by atoms with Crippen LogP contribution in [0.2, 0.25) is 0 Å². The smallest absolute Gasteiger partial charge is 0.315 e. The summed E-state index contributed by atoms with van der Waals surface area (Å²) >= 11 is 2.60. The minimum Gasteiger partial charge on any atom is -0.833 e. The molecule has 1 aliphatic carbocycles. The van der Waals surface area contributed by atoms with Crippen molar-refractivity contribution in [1.29, 1.82) is 0 Å². The van der Waals surface area contributed by atoms with Gasteiger partial charge < -0.3 is 25.0 Å². The van der Waals surface area contributed by atoms with E-state index in [2.05, 4.69) is 10.6 Å². The maximum atomic E-state index is 14.0. The van der Waals surface area contributed by atoms with Gasteiger partial charge in [0.1, 0.15) is 6.54 Å². The lowest BCUT2D eigenvalue weighted by Gasteiger charge is -2.52. The number of hydrogen-bond donors (Lipinski definition) is 2. The van der Waals surface area contributed by atoms with E-state index in [1.807, 2.05) is 10.8 Å². The fraction of sp³-hybridized carbons (Fsp3) is 0.615. The first-order valence-electron chi connectivity index (χ1n) is 12.9. The van der Waals surface area contributed by atoms with E-state index in [0.717, 1.165) is 49.8 Å². The summed E-state index contributed by atoms with van der Waals surface area (Å²) in [5, 5.41) is 23.8. The Balaban J connectivity index is 1.19. The highest BCUT2D eigenvalue weighted by molar-refractivity contribution is 7.12. The Hall–Kier alpha value is -1.94. The van der Waals surface area contributed by atoms with E-state index in [4.69, 9.17) is 4.74 Å². The number of carbonyl (C=O) groups excluding carboxylic acids is 2. The van der Waals surface area contributed by atoms with Crippen LogP contribution < -0.4 is 15.7 Å². The highest BCUT2D eigenvalue weighted by Gasteiger charge is 2.48. The van der Waals surface area contributed by atoms with Gasteiger partial charge in [0.25, 0.3) is 0 Å². The Bertz CT molecular complexity index is 946. The standard InChI is InChI=1S/C26H35N3O4S2/c30-24(26(32,22-8-4-16-34-22)23-9-5-17-35-23)33-21-18-29(13-10-19(21)11-14-29)15-12-27-25(31)28-20-6-2-1-3-7-20/h4-5,8-9,16-17,19-21H,1-3,6-7,10-15,18H2,(H2,27,28,31). The van der Waals surface area contributed by atoms with Crippen LogP contribution in [0.1, 0.15) is 54.7 Å². The zero-order valence-electron chi connectivity index (χ0n) is 20.1. The predicted octanol–water partition coefficient (Wildman–Crippen LogP) is 3.20. The molecule has 1 unspecified atom stereocenters. The Morgan fingerprint density at radius 2 is 1.69 bits per heavy atom. The number of ether oxygens (including phenoxy) is 1. The molecule has 9 heteroatoms. The second-order valence-electron chi connectivity index (χ2n) is 10.3. The first-order valence-corrected chi connectivity index (χ1v) is 14.6. The minimum absolute atomic E-state index is 0.0759. The van der Waals surface area contributed by atoms with Crippen LogP contribution in [0.3, 0.4) is 0 Å². The maximum absolute atomic E-state index is 14.0. The van der Waals surface area contributed by atoms with Crippen molar-refractivity contribution in [3.63, 3.8) is 0 Å². The van der Waals surface area contributed by atoms with Gasteiger partial charge in [-0.2, -0.15) is 0 Å². The summed E-state index contributed by atoms with van der Waals surface area (Å²) in [4.78, 5) is 26.7. The van der Waals surface area contributed by atoms with E-state index in [9.17, 15) is 14.7 Å². The molecule has 3 saturated heterocycles. The molecular weight excluding hydrogens is 482 g/mol. The van der Waals surface area contributed by atoms with Crippen molar-refractivity contribution in [1.82, 2.24) is 10.6 Å². The number of piperidine rings is 3. The number of carbonyl (C=O) groups is 2. The van der Waals surface area contributed by atoms with Crippen LogP contribution in [0.25, 0.3) is 0 Å². The molecule has 2 amide bonds. The Morgan fingerprint density at radius 1 is 1.03 bits per heavy atom. The Labute approximate surface area is 215 Å². The van der Waals surface area contributed by atoms with Gasteiger partial charge in [0.15, 0.2) is 6.10 Å². The van der Waals surface area contributed by atoms with Crippen LogP contribution in [0.5, 0.6) is 0 Å². The summed E-state index contributed by atoms with van der Waals surface area (Å²) in [7, 11) is 0. The first kappa shape index (κ1) is 24.7. The quantitative estimate of drug-likeness (QED) is 0.416. The van der Waals surface area contributed by atoms with Crippen LogP contribution in [0, 0.1) is 5.92 Å². The topological polar surface area (TPSA) is 90.5 Å². The highest BCUT2D eigenvalue weighted by atomic mass is 32.1. The van der Waals surface area contributed by atoms with Crippen LogP contribution in [-0.4, -0.2) is 61.4 Å². The molecule has 2 bridgehead atoms. The van der Waals surface area contributed by atoms with Gasteiger partial charge in [-0.1, -0.05) is 31.4 Å². The van der Waals surface area contributed by atoms with Crippen molar-refractivity contribution in [2.24, 2.45) is 5.92 Å². The van der Waals surface area contributed by atoms with Gasteiger partial charge in [-0.3, -0.25) is 4.79 Å². The van der Waals surface area contributed by atoms with E-state index in [1.165, 1.54) is 41.9 Å². The lowest BCUT2D eigenvalue weighted by molar-refractivity contribution is -0.945. The molecule has 2 N–H and O–H groups in total. The molecule has 2 aromatic heterocycles. The molecule has 0 spiro atoms. The summed E-state index contributed by atoms with van der Waals surface area (Å²) in [6.07, 6.45) is 7.49. The molecule has 6 rings (SSSR count). The van der Waals surface area contributed by atoms with Crippen molar-refractivity contribution in [3.8, 4) is 0 Å². The minimum atomic E-state index is -2.02. The van der Waals surface area contributed by atoms with Crippen molar-refractivity contribution in [3.05, 3.63) is 44.8 Å². The van der Waals surface area contributed by atoms with Crippen LogP contribution in [0.15, 0.2) is 35.0 Å². The number of fused-ring (bicyclic) bond motifs is 3. The van der Waals surface area contributed by atoms with E-state index >= 15 is 0 Å². The molecule has 3 aliphatic heterocycles. The van der Waals surface area contributed by atoms with Crippen LogP contribution in [-0.2, 0) is 15.1 Å². The molecular formula is C26H35N3O4S2. The summed E-state index contributed by atoms with van der Waals surface area (Å²) in [5.74, 6) is -0.387. The molecule has 0 aromatic carbocycles. The fourth-order valence-electron chi connectivity index (χ4n) is 6.06. The third kappa shape index (κ3) is 5.28. The van der Waals surface area contributed by atoms with E-state index in [1.54, 1.807) is 24.3 Å². The average Bonchev–Trinajstić information content (AvgIpc) is 3.60. The molecule has 35 heavy (non-hydrogen) atoms. The molecule has 190 valence electrons. The number of thiophene rings is 2. The number of urea groups is 1. The summed E-state index contributed by atoms with van der Waals surface area (Å²) in [5.41, 5.74) is -2.02. The first-order chi connectivity index (χ1) is 17.0. The fourth-order valence-corrected chi connectivity index (χ4v) is 7.76. The molecule has 7 nitrogen and oxygen atoms in total. The van der Waals surface area contributed by atoms with E-state index in [-0.39, 0.29) is 12.1 Å². The van der Waals surface area contributed by atoms with Gasteiger partial charge in [0.05, 0.1) is 31.8 Å². The van der Waals surface area contributed by atoms with Crippen molar-refractivity contribution in [2.45, 2.75) is 62.7 Å². The summed E-state index contributed by atoms with van der Waals surface area (Å²) in [6.45, 7) is 4.19. The predicted molar refractivity (Wildman–Crippen MR) is 135 cm³/mol. The molecule has 2 aromatic rings. The number of nitrogens with one attached hydrogen (secondary N) is 2. The average molecular weight is 518 g/mol. The third-order valence-electron chi connectivity index (χ3n) is 8.14. The summed E-state index contributed by atoms with van der Waals surface area (Å²) < 4.78 is 6.87. The zero-order chi connectivity index (χ0) is 24.3. The largest absolute Gasteiger partial charge is 0.833 e. The molecule has 0 radical (unpaired) electrons. The number of esters is 1. The third-order valence-corrected chi connectivity index (χ3v) is 10.1. The number of rotatable bonds is 8. The maximum Gasteiger partial charge on any atom is 0.315 e. The van der Waals surface area contributed by atoms with Gasteiger partial charge in [-0.15, -0.1) is 22.7 Å². The van der Waals surface area contributed by atoms with Crippen molar-refractivity contribution < 1.29 is 23.9 Å². The van der Waals surface area contributed by atoms with Gasteiger partial charge in [0.2, 0.25) is 0 Å². The number of amides is 2. The second-order valence-corrected chi connectivity index (χ2v) is 12.2. The van der Waals surface area contributed by atoms with E-state index < -0.39 is 11.6 Å². The molecule has 4 fully saturated rings. The second kappa shape index (κ2) is 10.6. The van der Waals surface area contributed by atoms with E-state index in [0.29, 0.717) is 34.8 Å². The molecule has 4 aliphatic rings. The lowest BCUT2D eigenvalue weighted by atomic mass is 9.83.